The normalized spacial score (nSPS) is 11.0. The Hall–Kier alpha value is -3.61. The van der Waals surface area contributed by atoms with Gasteiger partial charge in [-0.1, -0.05) is 18.2 Å². The summed E-state index contributed by atoms with van der Waals surface area (Å²) in [5.41, 5.74) is 1.04. The van der Waals surface area contributed by atoms with Gasteiger partial charge in [0, 0.05) is 28.5 Å². The number of carbonyl (C=O) groups excluding carboxylic acids is 1. The molecule has 0 aliphatic heterocycles. The summed E-state index contributed by atoms with van der Waals surface area (Å²) in [6.45, 7) is -0.118. The summed E-state index contributed by atoms with van der Waals surface area (Å²) in [6, 6.07) is 12.9. The van der Waals surface area contributed by atoms with Crippen LogP contribution in [0.15, 0.2) is 57.7 Å². The topological polar surface area (TPSA) is 105 Å². The molecule has 0 amide bonds. The highest BCUT2D eigenvalue weighted by Gasteiger charge is 2.16. The third kappa shape index (κ3) is 2.72. The lowest BCUT2D eigenvalue weighted by Gasteiger charge is -2.06. The van der Waals surface area contributed by atoms with E-state index < -0.39 is 11.6 Å². The molecule has 7 heteroatoms. The van der Waals surface area contributed by atoms with Crippen LogP contribution in [-0.4, -0.2) is 21.3 Å². The van der Waals surface area contributed by atoms with Gasteiger partial charge in [-0.05, 0) is 18.2 Å². The zero-order valence-electron chi connectivity index (χ0n) is 12.9. The van der Waals surface area contributed by atoms with E-state index in [4.69, 9.17) is 9.15 Å². The van der Waals surface area contributed by atoms with Crippen molar-refractivity contribution in [3.05, 3.63) is 70.2 Å². The SMILES string of the molecule is O=C(OCc1cc(=O)oc2cc(O)ccc12)c1n[nH]c2ccccc12. The fourth-order valence-electron chi connectivity index (χ4n) is 2.67. The van der Waals surface area contributed by atoms with Gasteiger partial charge in [0.2, 0.25) is 0 Å². The average Bonchev–Trinajstić information content (AvgIpc) is 3.03. The van der Waals surface area contributed by atoms with Crippen LogP contribution in [-0.2, 0) is 11.3 Å². The summed E-state index contributed by atoms with van der Waals surface area (Å²) in [5, 5.41) is 17.5. The molecular formula is C18H12N2O5. The Labute approximate surface area is 140 Å². The first-order valence-electron chi connectivity index (χ1n) is 7.48. The third-order valence-electron chi connectivity index (χ3n) is 3.84. The van der Waals surface area contributed by atoms with Gasteiger partial charge in [-0.3, -0.25) is 5.10 Å². The van der Waals surface area contributed by atoms with Gasteiger partial charge in [0.15, 0.2) is 5.69 Å². The van der Waals surface area contributed by atoms with Gasteiger partial charge in [-0.25, -0.2) is 9.59 Å². The molecule has 7 nitrogen and oxygen atoms in total. The van der Waals surface area contributed by atoms with Crippen molar-refractivity contribution in [3.63, 3.8) is 0 Å². The summed E-state index contributed by atoms with van der Waals surface area (Å²) in [4.78, 5) is 24.0. The van der Waals surface area contributed by atoms with Crippen LogP contribution >= 0.6 is 0 Å². The molecule has 25 heavy (non-hydrogen) atoms. The minimum absolute atomic E-state index is 0.0206. The second kappa shape index (κ2) is 5.79. The molecule has 0 radical (unpaired) electrons. The van der Waals surface area contributed by atoms with E-state index in [1.807, 2.05) is 12.1 Å². The molecule has 0 unspecified atom stereocenters. The molecule has 0 fully saturated rings. The number of benzene rings is 2. The van der Waals surface area contributed by atoms with Gasteiger partial charge in [0.25, 0.3) is 0 Å². The van der Waals surface area contributed by atoms with E-state index in [0.717, 1.165) is 5.52 Å². The molecule has 0 aliphatic carbocycles. The Bertz CT molecular complexity index is 1160. The van der Waals surface area contributed by atoms with Gasteiger partial charge in [-0.15, -0.1) is 0 Å². The Morgan fingerprint density at radius 3 is 2.88 bits per heavy atom. The highest BCUT2D eigenvalue weighted by molar-refractivity contribution is 6.01. The molecule has 0 spiro atoms. The van der Waals surface area contributed by atoms with E-state index in [-0.39, 0.29) is 23.6 Å². The number of esters is 1. The molecule has 2 aromatic carbocycles. The van der Waals surface area contributed by atoms with Crippen molar-refractivity contribution in [1.82, 2.24) is 10.2 Å². The van der Waals surface area contributed by atoms with E-state index in [1.165, 1.54) is 18.2 Å². The van der Waals surface area contributed by atoms with Gasteiger partial charge in [-0.2, -0.15) is 5.10 Å². The molecule has 2 aromatic heterocycles. The predicted molar refractivity (Wildman–Crippen MR) is 89.4 cm³/mol. The number of aromatic amines is 1. The van der Waals surface area contributed by atoms with Crippen molar-refractivity contribution in [1.29, 1.82) is 0 Å². The number of H-pyrrole nitrogens is 1. The zero-order valence-corrected chi connectivity index (χ0v) is 12.9. The standard InChI is InChI=1S/C18H12N2O5/c21-11-5-6-12-10(7-16(22)25-15(12)8-11)9-24-18(23)17-13-3-1-2-4-14(13)19-20-17/h1-8,21H,9H2,(H,19,20). The first kappa shape index (κ1) is 14.9. The molecule has 0 atom stereocenters. The predicted octanol–water partition coefficient (Wildman–Crippen LogP) is 2.73. The molecule has 0 saturated carbocycles. The van der Waals surface area contributed by atoms with Crippen molar-refractivity contribution < 1.29 is 19.1 Å². The molecule has 124 valence electrons. The summed E-state index contributed by atoms with van der Waals surface area (Å²) in [7, 11) is 0. The van der Waals surface area contributed by atoms with Crippen LogP contribution in [0.1, 0.15) is 16.1 Å². The first-order valence-corrected chi connectivity index (χ1v) is 7.48. The number of hydrogen-bond donors (Lipinski definition) is 2. The van der Waals surface area contributed by atoms with Crippen LogP contribution in [0.2, 0.25) is 0 Å². The van der Waals surface area contributed by atoms with E-state index in [2.05, 4.69) is 10.2 Å². The molecule has 4 aromatic rings. The number of carbonyl (C=O) groups is 1. The lowest BCUT2D eigenvalue weighted by molar-refractivity contribution is 0.0469. The van der Waals surface area contributed by atoms with Crippen LogP contribution in [0.5, 0.6) is 5.75 Å². The Morgan fingerprint density at radius 1 is 1.16 bits per heavy atom. The summed E-state index contributed by atoms with van der Waals surface area (Å²) in [6.07, 6.45) is 0. The summed E-state index contributed by atoms with van der Waals surface area (Å²) < 4.78 is 10.4. The van der Waals surface area contributed by atoms with Crippen molar-refractivity contribution in [2.45, 2.75) is 6.61 Å². The molecule has 0 aliphatic rings. The molecular weight excluding hydrogens is 324 g/mol. The van der Waals surface area contributed by atoms with E-state index >= 15 is 0 Å². The number of ether oxygens (including phenoxy) is 1. The van der Waals surface area contributed by atoms with E-state index in [1.54, 1.807) is 18.2 Å². The van der Waals surface area contributed by atoms with E-state index in [9.17, 15) is 14.7 Å². The van der Waals surface area contributed by atoms with Crippen molar-refractivity contribution >= 4 is 27.8 Å². The number of aromatic nitrogens is 2. The number of aromatic hydroxyl groups is 1. The largest absolute Gasteiger partial charge is 0.508 e. The molecule has 4 rings (SSSR count). The lowest BCUT2D eigenvalue weighted by Crippen LogP contribution is -2.08. The number of para-hydroxylation sites is 1. The van der Waals surface area contributed by atoms with Crippen molar-refractivity contribution in [2.24, 2.45) is 0 Å². The fraction of sp³-hybridized carbons (Fsp3) is 0.0556. The quantitative estimate of drug-likeness (QED) is 0.440. The number of hydrogen-bond acceptors (Lipinski definition) is 6. The van der Waals surface area contributed by atoms with Gasteiger partial charge in [0.1, 0.15) is 17.9 Å². The maximum atomic E-state index is 12.3. The van der Waals surface area contributed by atoms with E-state index in [0.29, 0.717) is 16.3 Å². The highest BCUT2D eigenvalue weighted by Crippen LogP contribution is 2.23. The van der Waals surface area contributed by atoms with Crippen LogP contribution in [0.3, 0.4) is 0 Å². The second-order valence-corrected chi connectivity index (χ2v) is 5.47. The second-order valence-electron chi connectivity index (χ2n) is 5.47. The lowest BCUT2D eigenvalue weighted by atomic mass is 10.1. The number of rotatable bonds is 3. The zero-order chi connectivity index (χ0) is 17.4. The van der Waals surface area contributed by atoms with Crippen molar-refractivity contribution in [3.8, 4) is 5.75 Å². The average molecular weight is 336 g/mol. The number of fused-ring (bicyclic) bond motifs is 2. The van der Waals surface area contributed by atoms with Gasteiger partial charge >= 0.3 is 11.6 Å². The number of nitrogens with zero attached hydrogens (tertiary/aromatic N) is 1. The highest BCUT2D eigenvalue weighted by atomic mass is 16.5. The summed E-state index contributed by atoms with van der Waals surface area (Å²) in [5.74, 6) is -0.620. The fourth-order valence-corrected chi connectivity index (χ4v) is 2.67. The molecule has 2 heterocycles. The molecule has 0 bridgehead atoms. The van der Waals surface area contributed by atoms with Crippen LogP contribution in [0, 0.1) is 0 Å². The smallest absolute Gasteiger partial charge is 0.359 e. The van der Waals surface area contributed by atoms with Crippen molar-refractivity contribution in [2.75, 3.05) is 0 Å². The third-order valence-corrected chi connectivity index (χ3v) is 3.84. The molecule has 2 N–H and O–H groups in total. The number of nitrogens with one attached hydrogen (secondary N) is 1. The Kier molecular flexibility index (Phi) is 3.46. The number of phenolic OH excluding ortho intramolecular Hbond substituents is 1. The maximum absolute atomic E-state index is 12.3. The first-order chi connectivity index (χ1) is 12.1. The minimum Gasteiger partial charge on any atom is -0.508 e. The Balaban J connectivity index is 1.64. The maximum Gasteiger partial charge on any atom is 0.359 e. The van der Waals surface area contributed by atoms with Crippen LogP contribution in [0.4, 0.5) is 0 Å². The number of phenols is 1. The summed E-state index contributed by atoms with van der Waals surface area (Å²) >= 11 is 0. The Morgan fingerprint density at radius 2 is 2.00 bits per heavy atom. The van der Waals surface area contributed by atoms with Crippen LogP contribution in [0.25, 0.3) is 21.9 Å². The van der Waals surface area contributed by atoms with Gasteiger partial charge in [0.05, 0.1) is 5.52 Å². The van der Waals surface area contributed by atoms with Crippen LogP contribution < -0.4 is 5.63 Å². The van der Waals surface area contributed by atoms with Gasteiger partial charge < -0.3 is 14.3 Å². The molecule has 0 saturated heterocycles. The monoisotopic (exact) mass is 336 g/mol. The minimum atomic E-state index is -0.599.